The molecule has 5 heteroatoms. The molecule has 0 bridgehead atoms. The van der Waals surface area contributed by atoms with E-state index in [1.54, 1.807) is 20.3 Å². The molecule has 3 aliphatic rings. The third-order valence-corrected chi connectivity index (χ3v) is 10.2. The summed E-state index contributed by atoms with van der Waals surface area (Å²) in [5.74, 6) is 2.39. The molecule has 0 saturated carbocycles. The second-order valence-corrected chi connectivity index (χ2v) is 10.4. The molecule has 2 aliphatic carbocycles. The van der Waals surface area contributed by atoms with Crippen LogP contribution in [0.25, 0.3) is 6.08 Å². The molecule has 1 nitrogen and oxygen atoms in total. The van der Waals surface area contributed by atoms with Crippen molar-refractivity contribution < 1.29 is 44.0 Å². The Kier molecular flexibility index (Phi) is 6.88. The zero-order valence-corrected chi connectivity index (χ0v) is 17.8. The van der Waals surface area contributed by atoms with E-state index >= 15 is 0 Å². The van der Waals surface area contributed by atoms with E-state index in [1.807, 2.05) is 0 Å². The number of hydrogen-bond donors (Lipinski definition) is 1. The first-order chi connectivity index (χ1) is 10.7. The molecule has 0 aromatic heterocycles. The van der Waals surface area contributed by atoms with Gasteiger partial charge >= 0.3 is 142 Å². The summed E-state index contributed by atoms with van der Waals surface area (Å²) in [6.07, 6.45) is 10.4. The van der Waals surface area contributed by atoms with Crippen molar-refractivity contribution in [3.8, 4) is 0 Å². The van der Waals surface area contributed by atoms with Crippen molar-refractivity contribution in [1.29, 1.82) is 0 Å². The van der Waals surface area contributed by atoms with Gasteiger partial charge in [-0.3, -0.25) is 0 Å². The maximum absolute atomic E-state index is 3.60. The van der Waals surface area contributed by atoms with Gasteiger partial charge in [0.1, 0.15) is 0 Å². The first-order valence-corrected chi connectivity index (χ1v) is 11.1. The van der Waals surface area contributed by atoms with Gasteiger partial charge < -0.3 is 24.8 Å². The molecule has 1 N–H and O–H groups in total. The average molecular weight is 412 g/mol. The van der Waals surface area contributed by atoms with E-state index in [0.717, 1.165) is 0 Å². The molecule has 1 aromatic rings. The number of benzene rings is 1. The zero-order valence-electron chi connectivity index (χ0n) is 13.7. The average Bonchev–Trinajstić information content (AvgIpc) is 3.23. The molecule has 24 heavy (non-hydrogen) atoms. The fourth-order valence-electron chi connectivity index (χ4n) is 3.36. The van der Waals surface area contributed by atoms with E-state index < -0.39 is 7.70 Å². The van der Waals surface area contributed by atoms with Gasteiger partial charge in [0.05, 0.1) is 0 Å². The van der Waals surface area contributed by atoms with Gasteiger partial charge in [-0.05, 0) is 0 Å². The van der Waals surface area contributed by atoms with Crippen LogP contribution in [0.15, 0.2) is 63.0 Å². The predicted molar refractivity (Wildman–Crippen MR) is 94.9 cm³/mol. The molecule has 0 radical (unpaired) electrons. The van der Waals surface area contributed by atoms with Crippen LogP contribution >= 0.6 is 7.70 Å². The Bertz CT molecular complexity index is 805. The molecule has 4 rings (SSSR count). The van der Waals surface area contributed by atoms with E-state index in [9.17, 15) is 0 Å². The molecule has 1 heterocycles. The fraction of sp³-hybridized carbons (Fsp3) is 0.211. The van der Waals surface area contributed by atoms with Crippen LogP contribution in [0, 0.1) is 0 Å². The van der Waals surface area contributed by atoms with Crippen LogP contribution in [-0.4, -0.2) is 5.80 Å². The normalized spacial score (nSPS) is 23.2. The summed E-state index contributed by atoms with van der Waals surface area (Å²) in [6, 6.07) is 9.01. The fourth-order valence-corrected chi connectivity index (χ4v) is 8.75. The van der Waals surface area contributed by atoms with Gasteiger partial charge in [-0.1, -0.05) is 0 Å². The third kappa shape index (κ3) is 3.57. The van der Waals surface area contributed by atoms with Crippen LogP contribution in [0.4, 0.5) is 0 Å². The van der Waals surface area contributed by atoms with Gasteiger partial charge in [0, 0.05) is 0 Å². The van der Waals surface area contributed by atoms with Crippen LogP contribution in [0.2, 0.25) is 0 Å². The van der Waals surface area contributed by atoms with Crippen molar-refractivity contribution >= 4 is 19.6 Å². The first kappa shape index (κ1) is 19.9. The molecule has 0 amide bonds. The van der Waals surface area contributed by atoms with E-state index in [1.165, 1.54) is 17.6 Å². The molecule has 2 unspecified atom stereocenters. The van der Waals surface area contributed by atoms with E-state index in [-0.39, 0.29) is 44.0 Å². The summed E-state index contributed by atoms with van der Waals surface area (Å²) in [5, 5.41) is 5.26. The Labute approximate surface area is 166 Å². The molecular formula is C19H20Cl2NPTi. The van der Waals surface area contributed by atoms with Crippen molar-refractivity contribution in [2.45, 2.75) is 24.5 Å². The van der Waals surface area contributed by atoms with Crippen molar-refractivity contribution in [2.75, 3.05) is 0 Å². The SMILES string of the molecule is CC1=CC[C]([Ti+2][CH]2C([PH]3=CC=CN3)=Cc3ccccc32)=C1C.[Cl-].[Cl-]. The van der Waals surface area contributed by atoms with E-state index in [4.69, 9.17) is 0 Å². The monoisotopic (exact) mass is 411 g/mol. The number of allylic oxidation sites excluding steroid dienone is 6. The van der Waals surface area contributed by atoms with Gasteiger partial charge in [-0.25, -0.2) is 0 Å². The number of fused-ring (bicyclic) bond motifs is 1. The number of hydrogen-bond acceptors (Lipinski definition) is 1. The van der Waals surface area contributed by atoms with Crippen molar-refractivity contribution in [3.63, 3.8) is 0 Å². The van der Waals surface area contributed by atoms with Crippen LogP contribution in [0.5, 0.6) is 0 Å². The van der Waals surface area contributed by atoms with Gasteiger partial charge in [-0.15, -0.1) is 0 Å². The van der Waals surface area contributed by atoms with Crippen LogP contribution in [0.3, 0.4) is 0 Å². The van der Waals surface area contributed by atoms with Gasteiger partial charge in [0.15, 0.2) is 0 Å². The van der Waals surface area contributed by atoms with Gasteiger partial charge in [-0.2, -0.15) is 0 Å². The summed E-state index contributed by atoms with van der Waals surface area (Å²) < 4.78 is 2.43. The maximum Gasteiger partial charge on any atom is -1.00 e. The van der Waals surface area contributed by atoms with Crippen molar-refractivity contribution in [1.82, 2.24) is 5.09 Å². The topological polar surface area (TPSA) is 12.0 Å². The Morgan fingerprint density at radius 3 is 2.62 bits per heavy atom. The summed E-state index contributed by atoms with van der Waals surface area (Å²) in [7, 11) is -0.709. The smallest absolute Gasteiger partial charge is 1.00 e. The van der Waals surface area contributed by atoms with Crippen LogP contribution < -0.4 is 29.9 Å². The molecule has 0 spiro atoms. The minimum atomic E-state index is -0.709. The minimum Gasteiger partial charge on any atom is -1.00 e. The zero-order chi connectivity index (χ0) is 15.1. The minimum absolute atomic E-state index is 0. The largest absolute Gasteiger partial charge is 1.00 e. The Morgan fingerprint density at radius 2 is 1.96 bits per heavy atom. The van der Waals surface area contributed by atoms with Crippen molar-refractivity contribution in [3.05, 3.63) is 74.1 Å². The number of halogens is 2. The van der Waals surface area contributed by atoms with Gasteiger partial charge in [0.2, 0.25) is 0 Å². The molecule has 1 aliphatic heterocycles. The third-order valence-electron chi connectivity index (χ3n) is 4.81. The molecular weight excluding hydrogens is 392 g/mol. The summed E-state index contributed by atoms with van der Waals surface area (Å²) in [5.41, 5.74) is 6.09. The first-order valence-electron chi connectivity index (χ1n) is 7.82. The second-order valence-electron chi connectivity index (χ2n) is 6.08. The summed E-state index contributed by atoms with van der Waals surface area (Å²) in [6.45, 7) is 4.58. The quantitative estimate of drug-likeness (QED) is 0.489. The maximum atomic E-state index is 3.60. The Balaban J connectivity index is 0.00000104. The van der Waals surface area contributed by atoms with Gasteiger partial charge in [0.25, 0.3) is 0 Å². The summed E-state index contributed by atoms with van der Waals surface area (Å²) >= 11 is -0.160. The molecule has 124 valence electrons. The summed E-state index contributed by atoms with van der Waals surface area (Å²) in [4.78, 5) is 0. The molecule has 0 fully saturated rings. The predicted octanol–water partition coefficient (Wildman–Crippen LogP) is -1.15. The van der Waals surface area contributed by atoms with Crippen LogP contribution in [0.1, 0.15) is 35.6 Å². The second kappa shape index (κ2) is 8.30. The van der Waals surface area contributed by atoms with Crippen molar-refractivity contribution in [2.24, 2.45) is 0 Å². The Morgan fingerprint density at radius 1 is 1.17 bits per heavy atom. The molecule has 0 saturated heterocycles. The Hall–Kier alpha value is -0.426. The number of rotatable bonds is 3. The van der Waals surface area contributed by atoms with Crippen LogP contribution in [-0.2, 0) is 19.2 Å². The van der Waals surface area contributed by atoms with E-state index in [0.29, 0.717) is 4.22 Å². The molecule has 2 atom stereocenters. The molecule has 1 aromatic carbocycles. The van der Waals surface area contributed by atoms with E-state index in [2.05, 4.69) is 73.4 Å². The number of nitrogens with one attached hydrogen (secondary N) is 1. The standard InChI is InChI=1S/C12H11NP.C7H9.2ClH.Ti/c1-2-5-11-9-12(8-10(11)4-1)14-7-3-6-13-14;1-6-4-3-5-7(6)2;;;/h1-9,13-14H;4H,3H2,1-2H3;2*1H;/q;;;;+2/p-2.